The van der Waals surface area contributed by atoms with Gasteiger partial charge in [-0.2, -0.15) is 0 Å². The number of esters is 1. The molecule has 94 valence electrons. The lowest BCUT2D eigenvalue weighted by Crippen LogP contribution is -2.14. The largest absolute Gasteiger partial charge is 0.459 e. The van der Waals surface area contributed by atoms with Gasteiger partial charge in [0.2, 0.25) is 0 Å². The van der Waals surface area contributed by atoms with Gasteiger partial charge in [0, 0.05) is 5.69 Å². The van der Waals surface area contributed by atoms with Gasteiger partial charge in [0.05, 0.1) is 11.7 Å². The third-order valence-electron chi connectivity index (χ3n) is 2.32. The van der Waals surface area contributed by atoms with Gasteiger partial charge in [-0.05, 0) is 43.9 Å². The van der Waals surface area contributed by atoms with Crippen LogP contribution in [0, 0.1) is 5.92 Å². The Labute approximate surface area is 103 Å². The Balaban J connectivity index is 2.93. The van der Waals surface area contributed by atoms with Crippen molar-refractivity contribution in [3.05, 3.63) is 29.3 Å². The summed E-state index contributed by atoms with van der Waals surface area (Å²) in [5.41, 5.74) is 7.86. The highest BCUT2D eigenvalue weighted by Gasteiger charge is 2.13. The van der Waals surface area contributed by atoms with Gasteiger partial charge in [0.15, 0.2) is 0 Å². The fourth-order valence-electron chi connectivity index (χ4n) is 1.66. The highest BCUT2D eigenvalue weighted by atomic mass is 16.5. The maximum Gasteiger partial charge on any atom is 0.340 e. The first kappa shape index (κ1) is 13.6. The van der Waals surface area contributed by atoms with Crippen LogP contribution < -0.4 is 5.73 Å². The molecule has 1 rings (SSSR count). The molecule has 0 bridgehead atoms. The molecule has 0 aliphatic rings. The van der Waals surface area contributed by atoms with E-state index in [-0.39, 0.29) is 12.1 Å². The molecule has 0 heterocycles. The quantitative estimate of drug-likeness (QED) is 0.644. The Bertz CT molecular complexity index is 397. The minimum atomic E-state index is -0.344. The molecule has 0 saturated carbocycles. The zero-order chi connectivity index (χ0) is 13.0. The molecule has 0 saturated heterocycles. The number of nitrogens with two attached hydrogens (primary N) is 1. The van der Waals surface area contributed by atoms with Gasteiger partial charge in [-0.15, -0.1) is 0 Å². The molecule has 3 nitrogen and oxygen atoms in total. The standard InChI is InChI=1S/C14H21NO2/c1-9(2)7-11-5-6-13(15)12(8-11)14(16)17-10(3)4/h5-6,8-10H,7,15H2,1-4H3. The van der Waals surface area contributed by atoms with E-state index >= 15 is 0 Å². The molecule has 1 aromatic rings. The highest BCUT2D eigenvalue weighted by molar-refractivity contribution is 5.95. The average Bonchev–Trinajstić information content (AvgIpc) is 2.19. The van der Waals surface area contributed by atoms with E-state index in [4.69, 9.17) is 10.5 Å². The second-order valence-electron chi connectivity index (χ2n) is 4.97. The van der Waals surface area contributed by atoms with Crippen LogP contribution in [0.15, 0.2) is 18.2 Å². The lowest BCUT2D eigenvalue weighted by atomic mass is 10.00. The highest BCUT2D eigenvalue weighted by Crippen LogP contribution is 2.18. The summed E-state index contributed by atoms with van der Waals surface area (Å²) in [4.78, 5) is 11.8. The third-order valence-corrected chi connectivity index (χ3v) is 2.32. The molecule has 0 aromatic heterocycles. The van der Waals surface area contributed by atoms with Crippen molar-refractivity contribution in [3.8, 4) is 0 Å². The van der Waals surface area contributed by atoms with Crippen LogP contribution in [0.1, 0.15) is 43.6 Å². The summed E-state index contributed by atoms with van der Waals surface area (Å²) in [5, 5.41) is 0. The number of anilines is 1. The summed E-state index contributed by atoms with van der Waals surface area (Å²) in [6.07, 6.45) is 0.804. The smallest absolute Gasteiger partial charge is 0.340 e. The van der Waals surface area contributed by atoms with Crippen molar-refractivity contribution in [3.63, 3.8) is 0 Å². The topological polar surface area (TPSA) is 52.3 Å². The fraction of sp³-hybridized carbons (Fsp3) is 0.500. The molecular formula is C14H21NO2. The number of hydrogen-bond acceptors (Lipinski definition) is 3. The fourth-order valence-corrected chi connectivity index (χ4v) is 1.66. The van der Waals surface area contributed by atoms with Crippen LogP contribution >= 0.6 is 0 Å². The zero-order valence-corrected chi connectivity index (χ0v) is 11.0. The van der Waals surface area contributed by atoms with Crippen LogP contribution in [0.4, 0.5) is 5.69 Å². The summed E-state index contributed by atoms with van der Waals surface area (Å²) < 4.78 is 5.16. The Morgan fingerprint density at radius 2 is 1.94 bits per heavy atom. The van der Waals surface area contributed by atoms with Crippen molar-refractivity contribution in [2.45, 2.75) is 40.2 Å². The zero-order valence-electron chi connectivity index (χ0n) is 11.0. The van der Waals surface area contributed by atoms with Gasteiger partial charge in [-0.3, -0.25) is 0 Å². The van der Waals surface area contributed by atoms with Crippen molar-refractivity contribution in [1.29, 1.82) is 0 Å². The van der Waals surface area contributed by atoms with Crippen LogP contribution in [-0.4, -0.2) is 12.1 Å². The number of nitrogen functional groups attached to an aromatic ring is 1. The van der Waals surface area contributed by atoms with Gasteiger partial charge in [-0.25, -0.2) is 4.79 Å². The Morgan fingerprint density at radius 1 is 1.29 bits per heavy atom. The van der Waals surface area contributed by atoms with Gasteiger partial charge >= 0.3 is 5.97 Å². The van der Waals surface area contributed by atoms with E-state index in [9.17, 15) is 4.79 Å². The average molecular weight is 235 g/mol. The Hall–Kier alpha value is -1.51. The van der Waals surface area contributed by atoms with Crippen LogP contribution in [-0.2, 0) is 11.2 Å². The maximum atomic E-state index is 11.8. The lowest BCUT2D eigenvalue weighted by Gasteiger charge is -2.12. The SMILES string of the molecule is CC(C)Cc1ccc(N)c(C(=O)OC(C)C)c1. The maximum absolute atomic E-state index is 11.8. The Kier molecular flexibility index (Phi) is 4.55. The number of rotatable bonds is 4. The Morgan fingerprint density at radius 3 is 2.47 bits per heavy atom. The third kappa shape index (κ3) is 4.10. The molecule has 17 heavy (non-hydrogen) atoms. The first-order chi connectivity index (χ1) is 7.90. The molecular weight excluding hydrogens is 214 g/mol. The molecule has 0 spiro atoms. The molecule has 3 heteroatoms. The summed E-state index contributed by atoms with van der Waals surface area (Å²) in [6.45, 7) is 7.93. The predicted octanol–water partition coefficient (Wildman–Crippen LogP) is 3.03. The van der Waals surface area contributed by atoms with E-state index in [0.29, 0.717) is 17.2 Å². The number of ether oxygens (including phenoxy) is 1. The van der Waals surface area contributed by atoms with Crippen LogP contribution in [0.25, 0.3) is 0 Å². The summed E-state index contributed by atoms with van der Waals surface area (Å²) in [7, 11) is 0. The van der Waals surface area contributed by atoms with Gasteiger partial charge in [-0.1, -0.05) is 19.9 Å². The molecule has 0 fully saturated rings. The normalized spacial score (nSPS) is 10.9. The second-order valence-corrected chi connectivity index (χ2v) is 4.97. The molecule has 0 radical (unpaired) electrons. The molecule has 0 unspecified atom stereocenters. The first-order valence-corrected chi connectivity index (χ1v) is 5.99. The van der Waals surface area contributed by atoms with E-state index in [1.807, 2.05) is 26.0 Å². The summed E-state index contributed by atoms with van der Waals surface area (Å²) in [6, 6.07) is 5.57. The number of benzene rings is 1. The van der Waals surface area contributed by atoms with Crippen LogP contribution in [0.5, 0.6) is 0 Å². The van der Waals surface area contributed by atoms with Gasteiger partial charge in [0.1, 0.15) is 0 Å². The van der Waals surface area contributed by atoms with Crippen molar-refractivity contribution < 1.29 is 9.53 Å². The predicted molar refractivity (Wildman–Crippen MR) is 69.9 cm³/mol. The van der Waals surface area contributed by atoms with Crippen LogP contribution in [0.2, 0.25) is 0 Å². The first-order valence-electron chi connectivity index (χ1n) is 5.99. The minimum absolute atomic E-state index is 0.129. The molecule has 0 aliphatic carbocycles. The number of hydrogen-bond donors (Lipinski definition) is 1. The van der Waals surface area contributed by atoms with Crippen molar-refractivity contribution in [1.82, 2.24) is 0 Å². The minimum Gasteiger partial charge on any atom is -0.459 e. The van der Waals surface area contributed by atoms with Crippen LogP contribution in [0.3, 0.4) is 0 Å². The van der Waals surface area contributed by atoms with E-state index in [0.717, 1.165) is 12.0 Å². The summed E-state index contributed by atoms with van der Waals surface area (Å²) in [5.74, 6) is 0.204. The molecule has 0 amide bonds. The van der Waals surface area contributed by atoms with E-state index in [1.165, 1.54) is 0 Å². The molecule has 2 N–H and O–H groups in total. The lowest BCUT2D eigenvalue weighted by molar-refractivity contribution is 0.0379. The van der Waals surface area contributed by atoms with E-state index < -0.39 is 0 Å². The second kappa shape index (κ2) is 5.71. The molecule has 0 aliphatic heterocycles. The number of carbonyl (C=O) groups is 1. The monoisotopic (exact) mass is 235 g/mol. The molecule has 0 atom stereocenters. The molecule has 1 aromatic carbocycles. The van der Waals surface area contributed by atoms with E-state index in [1.54, 1.807) is 6.07 Å². The summed E-state index contributed by atoms with van der Waals surface area (Å²) >= 11 is 0. The van der Waals surface area contributed by atoms with Crippen molar-refractivity contribution >= 4 is 11.7 Å². The van der Waals surface area contributed by atoms with Crippen molar-refractivity contribution in [2.75, 3.05) is 5.73 Å². The van der Waals surface area contributed by atoms with Gasteiger partial charge in [0.25, 0.3) is 0 Å². The number of carbonyl (C=O) groups excluding carboxylic acids is 1. The van der Waals surface area contributed by atoms with Gasteiger partial charge < -0.3 is 10.5 Å². The van der Waals surface area contributed by atoms with E-state index in [2.05, 4.69) is 13.8 Å². The van der Waals surface area contributed by atoms with Crippen molar-refractivity contribution in [2.24, 2.45) is 5.92 Å².